The van der Waals surface area contributed by atoms with Crippen LogP contribution < -0.4 is 0 Å². The molecule has 0 heterocycles. The van der Waals surface area contributed by atoms with E-state index in [2.05, 4.69) is 20.8 Å². The largest absolute Gasteiger partial charge is 0.479 e. The highest BCUT2D eigenvalue weighted by molar-refractivity contribution is 5.85. The molecular formula is C24H31NO4. The van der Waals surface area contributed by atoms with Gasteiger partial charge in [-0.25, -0.2) is 9.59 Å². The lowest BCUT2D eigenvalue weighted by Crippen LogP contribution is -2.53. The number of carbonyl (C=O) groups excluding carboxylic acids is 1. The topological polar surface area (TPSA) is 66.8 Å². The molecule has 0 radical (unpaired) electrons. The summed E-state index contributed by atoms with van der Waals surface area (Å²) in [5.41, 5.74) is 0.922. The van der Waals surface area contributed by atoms with Crippen molar-refractivity contribution in [2.24, 2.45) is 0 Å². The number of carboxylic acids is 1. The number of benzene rings is 2. The molecule has 2 rings (SSSR count). The first-order valence-corrected chi connectivity index (χ1v) is 9.93. The van der Waals surface area contributed by atoms with Crippen LogP contribution in [0.2, 0.25) is 0 Å². The number of hydrogen-bond acceptors (Lipinski definition) is 3. The van der Waals surface area contributed by atoms with E-state index < -0.39 is 17.6 Å². The van der Waals surface area contributed by atoms with Crippen molar-refractivity contribution in [3.63, 3.8) is 0 Å². The monoisotopic (exact) mass is 397 g/mol. The van der Waals surface area contributed by atoms with E-state index in [0.717, 1.165) is 11.1 Å². The second-order valence-electron chi connectivity index (χ2n) is 8.40. The number of amides is 1. The van der Waals surface area contributed by atoms with Crippen molar-refractivity contribution in [3.05, 3.63) is 71.3 Å². The van der Waals surface area contributed by atoms with E-state index >= 15 is 0 Å². The zero-order chi connectivity index (χ0) is 21.7. The van der Waals surface area contributed by atoms with Crippen LogP contribution in [0.4, 0.5) is 4.79 Å². The van der Waals surface area contributed by atoms with Crippen molar-refractivity contribution in [2.45, 2.75) is 58.6 Å². The summed E-state index contributed by atoms with van der Waals surface area (Å²) in [6, 6.07) is 16.8. The van der Waals surface area contributed by atoms with E-state index in [0.29, 0.717) is 12.0 Å². The Balaban J connectivity index is 2.34. The minimum absolute atomic E-state index is 0.0458. The number of carbonyl (C=O) groups is 2. The molecule has 2 aromatic carbocycles. The van der Waals surface area contributed by atoms with Crippen LogP contribution in [0, 0.1) is 0 Å². The van der Waals surface area contributed by atoms with Gasteiger partial charge in [0.1, 0.15) is 6.61 Å². The Kier molecular flexibility index (Phi) is 7.07. The summed E-state index contributed by atoms with van der Waals surface area (Å²) in [6.07, 6.45) is -0.0240. The third-order valence-electron chi connectivity index (χ3n) is 5.14. The van der Waals surface area contributed by atoms with Crippen LogP contribution in [-0.2, 0) is 27.1 Å². The maximum atomic E-state index is 12.9. The van der Waals surface area contributed by atoms with Gasteiger partial charge in [-0.1, -0.05) is 82.3 Å². The lowest BCUT2D eigenvalue weighted by Gasteiger charge is -2.37. The maximum absolute atomic E-state index is 12.9. The standard InChI is InChI=1S/C24H31NO4/c1-6-16-25(22(28)29-17-18-10-8-7-9-11-18)24(5,21(26)27)20-14-12-19(13-15-20)23(2,3)4/h7-15H,6,16-17H2,1-5H3,(H,26,27). The first-order chi connectivity index (χ1) is 13.6. The second-order valence-corrected chi connectivity index (χ2v) is 8.40. The predicted octanol–water partition coefficient (Wildman–Crippen LogP) is 5.33. The molecule has 156 valence electrons. The van der Waals surface area contributed by atoms with Crippen molar-refractivity contribution < 1.29 is 19.4 Å². The van der Waals surface area contributed by atoms with E-state index in [1.807, 2.05) is 49.4 Å². The molecule has 0 aromatic heterocycles. The number of hydrogen-bond donors (Lipinski definition) is 1. The molecule has 0 bridgehead atoms. The zero-order valence-corrected chi connectivity index (χ0v) is 17.9. The Morgan fingerprint density at radius 3 is 1.97 bits per heavy atom. The van der Waals surface area contributed by atoms with Crippen molar-refractivity contribution in [1.82, 2.24) is 4.90 Å². The summed E-state index contributed by atoms with van der Waals surface area (Å²) < 4.78 is 5.46. The Morgan fingerprint density at radius 1 is 0.931 bits per heavy atom. The Morgan fingerprint density at radius 2 is 1.48 bits per heavy atom. The average Bonchev–Trinajstić information content (AvgIpc) is 2.69. The van der Waals surface area contributed by atoms with Crippen LogP contribution in [-0.4, -0.2) is 28.6 Å². The second kappa shape index (κ2) is 9.12. The Hall–Kier alpha value is -2.82. The molecule has 29 heavy (non-hydrogen) atoms. The summed E-state index contributed by atoms with van der Waals surface area (Å²) in [4.78, 5) is 26.6. The Bertz CT molecular complexity index is 824. The number of ether oxygens (including phenoxy) is 1. The summed E-state index contributed by atoms with van der Waals surface area (Å²) in [5, 5.41) is 10.1. The number of rotatable bonds is 7. The molecule has 0 aliphatic carbocycles. The first-order valence-electron chi connectivity index (χ1n) is 9.93. The molecule has 5 heteroatoms. The van der Waals surface area contributed by atoms with Crippen LogP contribution in [0.25, 0.3) is 0 Å². The molecule has 1 atom stereocenters. The maximum Gasteiger partial charge on any atom is 0.411 e. The summed E-state index contributed by atoms with van der Waals surface area (Å²) >= 11 is 0. The third-order valence-corrected chi connectivity index (χ3v) is 5.14. The van der Waals surface area contributed by atoms with Gasteiger partial charge in [-0.2, -0.15) is 0 Å². The molecule has 5 nitrogen and oxygen atoms in total. The van der Waals surface area contributed by atoms with E-state index in [1.165, 1.54) is 4.90 Å². The van der Waals surface area contributed by atoms with Gasteiger partial charge in [0.25, 0.3) is 0 Å². The fourth-order valence-electron chi connectivity index (χ4n) is 3.21. The highest BCUT2D eigenvalue weighted by Gasteiger charge is 2.44. The molecule has 2 aromatic rings. The van der Waals surface area contributed by atoms with Gasteiger partial charge in [0.05, 0.1) is 0 Å². The van der Waals surface area contributed by atoms with Crippen LogP contribution in [0.1, 0.15) is 57.7 Å². The number of aliphatic carboxylic acids is 1. The third kappa shape index (κ3) is 5.17. The molecule has 0 saturated heterocycles. The Labute approximate surface area is 173 Å². The van der Waals surface area contributed by atoms with Crippen LogP contribution >= 0.6 is 0 Å². The fourth-order valence-corrected chi connectivity index (χ4v) is 3.21. The van der Waals surface area contributed by atoms with Gasteiger partial charge in [0.15, 0.2) is 5.54 Å². The lowest BCUT2D eigenvalue weighted by atomic mass is 9.83. The smallest absolute Gasteiger partial charge is 0.411 e. The molecular weight excluding hydrogens is 366 g/mol. The molecule has 0 aliphatic rings. The summed E-state index contributed by atoms with van der Waals surface area (Å²) in [6.45, 7) is 10.1. The van der Waals surface area contributed by atoms with Crippen molar-refractivity contribution in [1.29, 1.82) is 0 Å². The summed E-state index contributed by atoms with van der Waals surface area (Å²) in [5.74, 6) is -1.09. The SMILES string of the molecule is CCCN(C(=O)OCc1ccccc1)C(C)(C(=O)O)c1ccc(C(C)(C)C)cc1. The highest BCUT2D eigenvalue weighted by atomic mass is 16.6. The molecule has 1 N–H and O–H groups in total. The van der Waals surface area contributed by atoms with Gasteiger partial charge in [-0.3, -0.25) is 4.90 Å². The van der Waals surface area contributed by atoms with Crippen molar-refractivity contribution >= 4 is 12.1 Å². The molecule has 0 fully saturated rings. The number of nitrogens with zero attached hydrogens (tertiary/aromatic N) is 1. The highest BCUT2D eigenvalue weighted by Crippen LogP contribution is 2.32. The van der Waals surface area contributed by atoms with Crippen molar-refractivity contribution in [2.75, 3.05) is 6.54 Å². The number of carboxylic acid groups (broad SMARTS) is 1. The first kappa shape index (κ1) is 22.5. The van der Waals surface area contributed by atoms with Crippen molar-refractivity contribution in [3.8, 4) is 0 Å². The molecule has 0 spiro atoms. The van der Waals surface area contributed by atoms with E-state index in [1.54, 1.807) is 19.1 Å². The molecule has 1 amide bonds. The fraction of sp³-hybridized carbons (Fsp3) is 0.417. The van der Waals surface area contributed by atoms with Gasteiger partial charge in [-0.15, -0.1) is 0 Å². The summed E-state index contributed by atoms with van der Waals surface area (Å²) in [7, 11) is 0. The lowest BCUT2D eigenvalue weighted by molar-refractivity contribution is -0.150. The normalized spacial score (nSPS) is 13.4. The molecule has 0 aliphatic heterocycles. The average molecular weight is 398 g/mol. The van der Waals surface area contributed by atoms with E-state index in [-0.39, 0.29) is 18.6 Å². The van der Waals surface area contributed by atoms with E-state index in [9.17, 15) is 14.7 Å². The van der Waals surface area contributed by atoms with Gasteiger partial charge < -0.3 is 9.84 Å². The van der Waals surface area contributed by atoms with Crippen LogP contribution in [0.15, 0.2) is 54.6 Å². The van der Waals surface area contributed by atoms with E-state index in [4.69, 9.17) is 4.74 Å². The minimum atomic E-state index is -1.53. The molecule has 0 saturated carbocycles. The van der Waals surface area contributed by atoms with Crippen LogP contribution in [0.5, 0.6) is 0 Å². The van der Waals surface area contributed by atoms with Gasteiger partial charge in [0.2, 0.25) is 0 Å². The predicted molar refractivity (Wildman–Crippen MR) is 114 cm³/mol. The van der Waals surface area contributed by atoms with Gasteiger partial charge in [-0.05, 0) is 35.4 Å². The molecule has 1 unspecified atom stereocenters. The zero-order valence-electron chi connectivity index (χ0n) is 17.9. The minimum Gasteiger partial charge on any atom is -0.479 e. The quantitative estimate of drug-likeness (QED) is 0.685. The van der Waals surface area contributed by atoms with Crippen LogP contribution in [0.3, 0.4) is 0 Å². The van der Waals surface area contributed by atoms with Gasteiger partial charge >= 0.3 is 12.1 Å². The van der Waals surface area contributed by atoms with Gasteiger partial charge in [0, 0.05) is 6.54 Å².